The Labute approximate surface area is 215 Å². The van der Waals surface area contributed by atoms with Gasteiger partial charge in [0, 0.05) is 24.5 Å². The number of hydrogen-bond donors (Lipinski definition) is 0. The van der Waals surface area contributed by atoms with Gasteiger partial charge in [-0.25, -0.2) is 4.48 Å². The van der Waals surface area contributed by atoms with E-state index in [2.05, 4.69) is 30.7 Å². The number of carbonyl (C=O) groups is 1. The lowest BCUT2D eigenvalue weighted by atomic mass is 10.0. The first-order valence-corrected chi connectivity index (χ1v) is 13.3. The molecule has 0 saturated carbocycles. The van der Waals surface area contributed by atoms with Crippen molar-refractivity contribution in [2.75, 3.05) is 39.9 Å². The van der Waals surface area contributed by atoms with Gasteiger partial charge in [-0.3, -0.25) is 4.79 Å². The fourth-order valence-electron chi connectivity index (χ4n) is 5.02. The maximum atomic E-state index is 13.5. The van der Waals surface area contributed by atoms with Gasteiger partial charge in [0.15, 0.2) is 0 Å². The molecule has 3 aliphatic heterocycles. The van der Waals surface area contributed by atoms with Crippen LogP contribution in [0.3, 0.4) is 0 Å². The molecule has 2 saturated heterocycles. The number of likely N-dealkylation sites (tertiary alicyclic amines) is 1. The number of hydrogen-bond acceptors (Lipinski definition) is 5. The number of aliphatic imine (C=N–C) groups is 1. The van der Waals surface area contributed by atoms with Crippen LogP contribution in [-0.4, -0.2) is 72.0 Å². The van der Waals surface area contributed by atoms with Crippen LogP contribution in [0, 0.1) is 5.92 Å². The predicted octanol–water partition coefficient (Wildman–Crippen LogP) is 5.54. The normalized spacial score (nSPS) is 28.4. The Morgan fingerprint density at radius 1 is 1.28 bits per heavy atom. The molecule has 1 aromatic carbocycles. The van der Waals surface area contributed by atoms with Crippen molar-refractivity contribution in [1.82, 2.24) is 4.90 Å². The van der Waals surface area contributed by atoms with Crippen LogP contribution < -0.4 is 4.74 Å². The first kappa shape index (κ1) is 27.2. The number of benzene rings is 1. The molecule has 1 unspecified atom stereocenters. The van der Waals surface area contributed by atoms with Gasteiger partial charge >= 0.3 is 6.18 Å². The monoisotopic (exact) mass is 526 g/mol. The zero-order valence-electron chi connectivity index (χ0n) is 21.3. The summed E-state index contributed by atoms with van der Waals surface area (Å²) in [5.74, 6) is -0.335. The minimum atomic E-state index is -4.58. The van der Waals surface area contributed by atoms with Gasteiger partial charge in [0.2, 0.25) is 0 Å². The van der Waals surface area contributed by atoms with Gasteiger partial charge in [0.05, 0.1) is 17.7 Å². The highest BCUT2D eigenvalue weighted by Gasteiger charge is 2.49. The van der Waals surface area contributed by atoms with E-state index in [9.17, 15) is 18.0 Å². The molecule has 0 N–H and O–H groups in total. The average molecular weight is 527 g/mol. The summed E-state index contributed by atoms with van der Waals surface area (Å²) in [6, 6.07) is 3.06. The van der Waals surface area contributed by atoms with Gasteiger partial charge in [0.25, 0.3) is 11.1 Å². The Kier molecular flexibility index (Phi) is 7.90. The lowest BCUT2D eigenvalue weighted by Crippen LogP contribution is -2.60. The largest absolute Gasteiger partial charge is 0.492 e. The first-order valence-electron chi connectivity index (χ1n) is 12.4. The van der Waals surface area contributed by atoms with Crippen LogP contribution in [0.25, 0.3) is 0 Å². The number of ether oxygens (including phenoxy) is 2. The summed E-state index contributed by atoms with van der Waals surface area (Å²) in [6.45, 7) is 9.65. The molecule has 0 bridgehead atoms. The molecule has 10 heteroatoms. The molecule has 0 aromatic heterocycles. The smallest absolute Gasteiger partial charge is 0.416 e. The summed E-state index contributed by atoms with van der Waals surface area (Å²) >= 11 is 1.33. The third-order valence-corrected chi connectivity index (χ3v) is 8.13. The van der Waals surface area contributed by atoms with Crippen molar-refractivity contribution in [2.45, 2.75) is 57.9 Å². The van der Waals surface area contributed by atoms with E-state index in [0.29, 0.717) is 29.4 Å². The van der Waals surface area contributed by atoms with Crippen molar-refractivity contribution in [3.8, 4) is 5.75 Å². The number of thioether (sulfide) groups is 1. The number of carbonyl (C=O) groups excluding carboxylic acids is 1. The molecule has 3 aliphatic rings. The van der Waals surface area contributed by atoms with Crippen molar-refractivity contribution in [2.24, 2.45) is 10.9 Å². The summed E-state index contributed by atoms with van der Waals surface area (Å²) in [4.78, 5) is 20.1. The molecule has 0 spiro atoms. The van der Waals surface area contributed by atoms with Crippen LogP contribution in [-0.2, 0) is 10.9 Å². The maximum Gasteiger partial charge on any atom is 0.416 e. The predicted molar refractivity (Wildman–Crippen MR) is 135 cm³/mol. The highest BCUT2D eigenvalue weighted by Crippen LogP contribution is 2.40. The van der Waals surface area contributed by atoms with E-state index in [4.69, 9.17) is 9.47 Å². The highest BCUT2D eigenvalue weighted by atomic mass is 32.2. The number of amides is 1. The summed E-state index contributed by atoms with van der Waals surface area (Å²) in [5, 5.41) is 2.43. The van der Waals surface area contributed by atoms with E-state index in [1.54, 1.807) is 0 Å². The van der Waals surface area contributed by atoms with E-state index in [1.165, 1.54) is 17.8 Å². The number of amidine groups is 1. The Hall–Kier alpha value is -1.88. The SMILES string of the molecule is CN1CC[C@H](COc2ccc(C(F)(F)F)cc2C(=O)/N=C2\SC=C[N+]2(C[C@H]2CCCO2)C(C)(C)C)C1. The number of halogens is 3. The minimum Gasteiger partial charge on any atom is -0.492 e. The highest BCUT2D eigenvalue weighted by molar-refractivity contribution is 8.16. The van der Waals surface area contributed by atoms with Crippen molar-refractivity contribution in [3.05, 3.63) is 40.9 Å². The van der Waals surface area contributed by atoms with Crippen LogP contribution >= 0.6 is 11.8 Å². The van der Waals surface area contributed by atoms with E-state index in [1.807, 2.05) is 18.7 Å². The molecule has 6 nitrogen and oxygen atoms in total. The van der Waals surface area contributed by atoms with Crippen LogP contribution in [0.4, 0.5) is 13.2 Å². The lowest BCUT2D eigenvalue weighted by molar-refractivity contribution is -0.838. The van der Waals surface area contributed by atoms with E-state index in [0.717, 1.165) is 44.5 Å². The molecule has 3 heterocycles. The zero-order chi connectivity index (χ0) is 26.1. The Morgan fingerprint density at radius 3 is 2.67 bits per heavy atom. The van der Waals surface area contributed by atoms with Gasteiger partial charge in [-0.15, -0.1) is 4.99 Å². The molecule has 0 aliphatic carbocycles. The lowest BCUT2D eigenvalue weighted by Gasteiger charge is -2.43. The molecule has 198 valence electrons. The summed E-state index contributed by atoms with van der Waals surface area (Å²) in [5.41, 5.74) is -1.40. The molecule has 0 radical (unpaired) electrons. The van der Waals surface area contributed by atoms with Crippen LogP contribution in [0.2, 0.25) is 0 Å². The third kappa shape index (κ3) is 5.82. The number of alkyl halides is 3. The van der Waals surface area contributed by atoms with Crippen LogP contribution in [0.5, 0.6) is 5.75 Å². The molecule has 4 rings (SSSR count). The van der Waals surface area contributed by atoms with Gasteiger partial charge in [0.1, 0.15) is 30.1 Å². The van der Waals surface area contributed by atoms with Crippen LogP contribution in [0.1, 0.15) is 56.0 Å². The molecule has 36 heavy (non-hydrogen) atoms. The fourth-order valence-corrected chi connectivity index (χ4v) is 6.14. The average Bonchev–Trinajstić information content (AvgIpc) is 3.54. The summed E-state index contributed by atoms with van der Waals surface area (Å²) in [7, 11) is 2.02. The van der Waals surface area contributed by atoms with Gasteiger partial charge in [-0.05, 0) is 83.6 Å². The molecular weight excluding hydrogens is 491 g/mol. The standard InChI is InChI=1S/C26H35F3N3O3S/c1-25(2,3)32(16-20-6-5-12-34-20)11-13-36-24(32)30-23(33)21-14-19(26(27,28)29)7-8-22(21)35-17-18-9-10-31(4)15-18/h7-8,11,13-14,18,20H,5-6,9-10,12,15-17H2,1-4H3/q+1/b30-24-/t18-,20+,32?/m0/s1. The topological polar surface area (TPSA) is 51.1 Å². The fraction of sp³-hybridized carbons (Fsp3) is 0.615. The van der Waals surface area contributed by atoms with E-state index in [-0.39, 0.29) is 28.9 Å². The zero-order valence-corrected chi connectivity index (χ0v) is 22.1. The third-order valence-electron chi connectivity index (χ3n) is 7.24. The molecule has 2 fully saturated rings. The van der Waals surface area contributed by atoms with Crippen molar-refractivity contribution < 1.29 is 31.9 Å². The van der Waals surface area contributed by atoms with E-state index < -0.39 is 17.6 Å². The van der Waals surface area contributed by atoms with Gasteiger partial charge in [-0.1, -0.05) is 0 Å². The van der Waals surface area contributed by atoms with Crippen molar-refractivity contribution >= 4 is 22.8 Å². The molecular formula is C26H35F3N3O3S+. The molecule has 1 amide bonds. The first-order chi connectivity index (χ1) is 16.9. The Balaban J connectivity index is 1.66. The second kappa shape index (κ2) is 10.5. The summed E-state index contributed by atoms with van der Waals surface area (Å²) < 4.78 is 52.7. The number of nitrogens with zero attached hydrogens (tertiary/aromatic N) is 3. The number of quaternary nitrogens is 1. The minimum absolute atomic E-state index is 0.0323. The molecule has 3 atom stereocenters. The second-order valence-corrected chi connectivity index (χ2v) is 11.8. The van der Waals surface area contributed by atoms with Gasteiger partial charge < -0.3 is 14.4 Å². The van der Waals surface area contributed by atoms with E-state index >= 15 is 0 Å². The second-order valence-electron chi connectivity index (χ2n) is 10.9. The quantitative estimate of drug-likeness (QED) is 0.456. The van der Waals surface area contributed by atoms with Crippen LogP contribution in [0.15, 0.2) is 34.8 Å². The summed E-state index contributed by atoms with van der Waals surface area (Å²) in [6.07, 6.45) is 0.323. The van der Waals surface area contributed by atoms with Crippen molar-refractivity contribution in [3.63, 3.8) is 0 Å². The number of rotatable bonds is 6. The maximum absolute atomic E-state index is 13.5. The van der Waals surface area contributed by atoms with Gasteiger partial charge in [-0.2, -0.15) is 13.2 Å². The van der Waals surface area contributed by atoms with Crippen molar-refractivity contribution in [1.29, 1.82) is 0 Å². The Morgan fingerprint density at radius 2 is 2.06 bits per heavy atom. The molecule has 1 aromatic rings. The Bertz CT molecular complexity index is 1030.